The molecule has 0 aromatic carbocycles. The highest BCUT2D eigenvalue weighted by atomic mass is 16.3. The van der Waals surface area contributed by atoms with Gasteiger partial charge in [0.2, 0.25) is 0 Å². The summed E-state index contributed by atoms with van der Waals surface area (Å²) in [5.74, 6) is 0.128. The molecule has 130 valence electrons. The third-order valence-electron chi connectivity index (χ3n) is 3.58. The molecule has 0 rings (SSSR count). The van der Waals surface area contributed by atoms with Crippen molar-refractivity contribution in [2.45, 2.75) is 65.9 Å². The van der Waals surface area contributed by atoms with Crippen LogP contribution in [0, 0.1) is 0 Å². The van der Waals surface area contributed by atoms with Crippen LogP contribution in [-0.2, 0) is 4.79 Å². The molecule has 0 unspecified atom stereocenters. The van der Waals surface area contributed by atoms with Gasteiger partial charge < -0.3 is 10.2 Å². The monoisotopic (exact) mass is 320 g/mol. The van der Waals surface area contributed by atoms with Gasteiger partial charge in [-0.05, 0) is 65.0 Å². The molecule has 0 aromatic heterocycles. The van der Waals surface area contributed by atoms with Crippen molar-refractivity contribution in [2.75, 3.05) is 6.61 Å². The maximum atomic E-state index is 11.7. The highest BCUT2D eigenvalue weighted by Crippen LogP contribution is 2.17. The van der Waals surface area contributed by atoms with Crippen molar-refractivity contribution in [2.24, 2.45) is 0 Å². The van der Waals surface area contributed by atoms with Gasteiger partial charge in [0.1, 0.15) is 0 Å². The fourth-order valence-corrected chi connectivity index (χ4v) is 2.22. The quantitative estimate of drug-likeness (QED) is 0.441. The van der Waals surface area contributed by atoms with Crippen LogP contribution in [0.1, 0.15) is 59.8 Å². The number of carbonyl (C=O) groups excluding carboxylic acids is 1. The zero-order valence-corrected chi connectivity index (χ0v) is 15.1. The average Bonchev–Trinajstić information content (AvgIpc) is 2.43. The molecule has 3 nitrogen and oxygen atoms in total. The van der Waals surface area contributed by atoms with Crippen molar-refractivity contribution in [1.29, 1.82) is 0 Å². The van der Waals surface area contributed by atoms with Crippen molar-refractivity contribution in [1.82, 2.24) is 0 Å². The SMILES string of the molecule is C=C(CC/C=C(\C)CC(=O)C=C(C)C)[C@H](O)CC/C(C)=C/CO. The molecule has 0 aromatic rings. The largest absolute Gasteiger partial charge is 0.392 e. The number of hydrogen-bond acceptors (Lipinski definition) is 3. The molecular formula is C20H32O3. The third kappa shape index (κ3) is 11.7. The van der Waals surface area contributed by atoms with Gasteiger partial charge in [0.15, 0.2) is 5.78 Å². The van der Waals surface area contributed by atoms with E-state index in [2.05, 4.69) is 6.58 Å². The zero-order chi connectivity index (χ0) is 17.8. The van der Waals surface area contributed by atoms with Gasteiger partial charge >= 0.3 is 0 Å². The number of rotatable bonds is 11. The van der Waals surface area contributed by atoms with Crippen molar-refractivity contribution >= 4 is 5.78 Å². The lowest BCUT2D eigenvalue weighted by molar-refractivity contribution is -0.114. The van der Waals surface area contributed by atoms with Gasteiger partial charge in [-0.1, -0.05) is 35.5 Å². The molecule has 0 heterocycles. The third-order valence-corrected chi connectivity index (χ3v) is 3.58. The van der Waals surface area contributed by atoms with Gasteiger partial charge in [0, 0.05) is 6.42 Å². The molecule has 3 heteroatoms. The van der Waals surface area contributed by atoms with Gasteiger partial charge in [-0.2, -0.15) is 0 Å². The summed E-state index contributed by atoms with van der Waals surface area (Å²) in [5.41, 5.74) is 3.97. The van der Waals surface area contributed by atoms with Crippen LogP contribution in [-0.4, -0.2) is 28.7 Å². The summed E-state index contributed by atoms with van der Waals surface area (Å²) in [4.78, 5) is 11.7. The first kappa shape index (κ1) is 21.6. The molecule has 0 aliphatic carbocycles. The lowest BCUT2D eigenvalue weighted by Gasteiger charge is -2.13. The maximum Gasteiger partial charge on any atom is 0.159 e. The van der Waals surface area contributed by atoms with Crippen molar-refractivity contribution in [3.05, 3.63) is 47.1 Å². The molecule has 2 N–H and O–H groups in total. The van der Waals surface area contributed by atoms with Crippen molar-refractivity contribution < 1.29 is 15.0 Å². The summed E-state index contributed by atoms with van der Waals surface area (Å²) >= 11 is 0. The van der Waals surface area contributed by atoms with E-state index >= 15 is 0 Å². The highest BCUT2D eigenvalue weighted by molar-refractivity contribution is 5.91. The predicted octanol–water partition coefficient (Wildman–Crippen LogP) is 4.27. The maximum absolute atomic E-state index is 11.7. The molecular weight excluding hydrogens is 288 g/mol. The van der Waals surface area contributed by atoms with E-state index in [0.717, 1.165) is 41.6 Å². The molecule has 1 atom stereocenters. The smallest absolute Gasteiger partial charge is 0.159 e. The Hall–Kier alpha value is -1.45. The van der Waals surface area contributed by atoms with Gasteiger partial charge in [-0.25, -0.2) is 0 Å². The van der Waals surface area contributed by atoms with Gasteiger partial charge in [0.05, 0.1) is 12.7 Å². The van der Waals surface area contributed by atoms with Crippen LogP contribution < -0.4 is 0 Å². The fourth-order valence-electron chi connectivity index (χ4n) is 2.22. The fraction of sp³-hybridized carbons (Fsp3) is 0.550. The topological polar surface area (TPSA) is 57.5 Å². The molecule has 0 saturated carbocycles. The Kier molecular flexibility index (Phi) is 11.3. The van der Waals surface area contributed by atoms with E-state index in [0.29, 0.717) is 12.8 Å². The standard InChI is InChI=1S/C20H32O3/c1-15(2)13-19(22)14-17(4)7-6-8-18(5)20(23)10-9-16(3)11-12-21/h7,11,13,20-21,23H,5-6,8-10,12,14H2,1-4H3/b16-11+,17-7+/t20-/m1/s1. The van der Waals surface area contributed by atoms with Crippen LogP contribution in [0.2, 0.25) is 0 Å². The molecule has 0 amide bonds. The van der Waals surface area contributed by atoms with E-state index < -0.39 is 6.10 Å². The number of ketones is 1. The number of hydrogen-bond donors (Lipinski definition) is 2. The average molecular weight is 320 g/mol. The second kappa shape index (κ2) is 12.0. The lowest BCUT2D eigenvalue weighted by atomic mass is 9.98. The molecule has 0 aliphatic heterocycles. The minimum Gasteiger partial charge on any atom is -0.392 e. The Labute approximate surface area is 141 Å². The van der Waals surface area contributed by atoms with Crippen LogP contribution in [0.5, 0.6) is 0 Å². The Morgan fingerprint density at radius 2 is 1.74 bits per heavy atom. The molecule has 0 spiro atoms. The molecule has 0 aliphatic rings. The van der Waals surface area contributed by atoms with E-state index in [4.69, 9.17) is 5.11 Å². The van der Waals surface area contributed by atoms with E-state index in [1.807, 2.05) is 33.8 Å². The van der Waals surface area contributed by atoms with Gasteiger partial charge in [-0.3, -0.25) is 4.79 Å². The lowest BCUT2D eigenvalue weighted by Crippen LogP contribution is -2.09. The van der Waals surface area contributed by atoms with E-state index in [-0.39, 0.29) is 12.4 Å². The van der Waals surface area contributed by atoms with Crippen LogP contribution in [0.4, 0.5) is 0 Å². The summed E-state index contributed by atoms with van der Waals surface area (Å²) in [6.45, 7) is 11.7. The Morgan fingerprint density at radius 3 is 2.30 bits per heavy atom. The number of aliphatic hydroxyl groups excluding tert-OH is 2. The predicted molar refractivity (Wildman–Crippen MR) is 97.3 cm³/mol. The first-order chi connectivity index (χ1) is 10.8. The summed E-state index contributed by atoms with van der Waals surface area (Å²) in [7, 11) is 0. The van der Waals surface area contributed by atoms with E-state index in [1.165, 1.54) is 0 Å². The molecule has 0 saturated heterocycles. The zero-order valence-electron chi connectivity index (χ0n) is 15.1. The second-order valence-electron chi connectivity index (χ2n) is 6.40. The van der Waals surface area contributed by atoms with E-state index in [9.17, 15) is 9.90 Å². The van der Waals surface area contributed by atoms with Crippen molar-refractivity contribution in [3.8, 4) is 0 Å². The Bertz CT molecular complexity index is 477. The normalized spacial score (nSPS) is 13.7. The first-order valence-corrected chi connectivity index (χ1v) is 8.21. The highest BCUT2D eigenvalue weighted by Gasteiger charge is 2.08. The summed E-state index contributed by atoms with van der Waals surface area (Å²) in [5, 5.41) is 18.9. The van der Waals surface area contributed by atoms with Gasteiger partial charge in [0.25, 0.3) is 0 Å². The molecule has 23 heavy (non-hydrogen) atoms. The molecule has 0 fully saturated rings. The first-order valence-electron chi connectivity index (χ1n) is 8.21. The second-order valence-corrected chi connectivity index (χ2v) is 6.40. The molecule has 0 radical (unpaired) electrons. The van der Waals surface area contributed by atoms with Crippen LogP contribution in [0.15, 0.2) is 47.1 Å². The van der Waals surface area contributed by atoms with Crippen LogP contribution >= 0.6 is 0 Å². The summed E-state index contributed by atoms with van der Waals surface area (Å²) in [6, 6.07) is 0. The minimum absolute atomic E-state index is 0.0401. The molecule has 0 bridgehead atoms. The van der Waals surface area contributed by atoms with Crippen LogP contribution in [0.25, 0.3) is 0 Å². The Morgan fingerprint density at radius 1 is 1.09 bits per heavy atom. The van der Waals surface area contributed by atoms with Crippen LogP contribution in [0.3, 0.4) is 0 Å². The number of aliphatic hydroxyl groups is 2. The summed E-state index contributed by atoms with van der Waals surface area (Å²) in [6.07, 6.45) is 8.30. The minimum atomic E-state index is -0.516. The van der Waals surface area contributed by atoms with E-state index in [1.54, 1.807) is 12.2 Å². The number of carbonyl (C=O) groups is 1. The van der Waals surface area contributed by atoms with Crippen molar-refractivity contribution in [3.63, 3.8) is 0 Å². The van der Waals surface area contributed by atoms with Gasteiger partial charge in [-0.15, -0.1) is 0 Å². The Balaban J connectivity index is 4.17. The summed E-state index contributed by atoms with van der Waals surface area (Å²) < 4.78 is 0. The number of allylic oxidation sites excluding steroid dienone is 5.